The predicted octanol–water partition coefficient (Wildman–Crippen LogP) is 4.66. The van der Waals surface area contributed by atoms with Crippen molar-refractivity contribution < 1.29 is 0 Å². The Morgan fingerprint density at radius 3 is 2.76 bits per heavy atom. The van der Waals surface area contributed by atoms with Crippen LogP contribution in [0.2, 0.25) is 5.02 Å². The molecule has 0 saturated heterocycles. The molecule has 1 aromatic heterocycles. The Labute approximate surface area is 129 Å². The van der Waals surface area contributed by atoms with E-state index in [4.69, 9.17) is 22.3 Å². The summed E-state index contributed by atoms with van der Waals surface area (Å²) in [5.41, 5.74) is 11.1. The van der Waals surface area contributed by atoms with Crippen LogP contribution in [0.3, 0.4) is 0 Å². The third kappa shape index (κ3) is 2.49. The van der Waals surface area contributed by atoms with Crippen LogP contribution in [0.4, 0.5) is 5.69 Å². The number of halogens is 1. The SMILES string of the molecule is CCCn1c(-c2cc(C)ccc2N)nc2cc(Cl)ccc21. The van der Waals surface area contributed by atoms with Crippen molar-refractivity contribution in [2.75, 3.05) is 5.73 Å². The molecule has 2 aromatic carbocycles. The van der Waals surface area contributed by atoms with Crippen molar-refractivity contribution >= 4 is 28.3 Å². The summed E-state index contributed by atoms with van der Waals surface area (Å²) >= 11 is 6.09. The van der Waals surface area contributed by atoms with Crippen molar-refractivity contribution in [2.45, 2.75) is 26.8 Å². The highest BCUT2D eigenvalue weighted by Crippen LogP contribution is 2.31. The number of imidazole rings is 1. The average molecular weight is 300 g/mol. The maximum atomic E-state index is 6.16. The Bertz CT molecular complexity index is 805. The van der Waals surface area contributed by atoms with E-state index in [2.05, 4.69) is 24.5 Å². The summed E-state index contributed by atoms with van der Waals surface area (Å²) in [5, 5.41) is 0.701. The van der Waals surface area contributed by atoms with Gasteiger partial charge in [0, 0.05) is 22.8 Å². The first-order valence-electron chi connectivity index (χ1n) is 7.12. The minimum absolute atomic E-state index is 0.701. The number of fused-ring (bicyclic) bond motifs is 1. The fourth-order valence-corrected chi connectivity index (χ4v) is 2.79. The molecule has 0 atom stereocenters. The van der Waals surface area contributed by atoms with E-state index in [1.165, 1.54) is 5.56 Å². The highest BCUT2D eigenvalue weighted by Gasteiger charge is 2.14. The van der Waals surface area contributed by atoms with Gasteiger partial charge in [-0.2, -0.15) is 0 Å². The number of nitrogens with zero attached hydrogens (tertiary/aromatic N) is 2. The topological polar surface area (TPSA) is 43.8 Å². The molecule has 0 radical (unpaired) electrons. The van der Waals surface area contributed by atoms with E-state index in [-0.39, 0.29) is 0 Å². The molecule has 3 aromatic rings. The van der Waals surface area contributed by atoms with Gasteiger partial charge in [0.1, 0.15) is 5.82 Å². The van der Waals surface area contributed by atoms with E-state index in [1.54, 1.807) is 0 Å². The number of benzene rings is 2. The van der Waals surface area contributed by atoms with Gasteiger partial charge in [0.15, 0.2) is 0 Å². The number of hydrogen-bond donors (Lipinski definition) is 1. The van der Waals surface area contributed by atoms with Crippen molar-refractivity contribution in [1.82, 2.24) is 9.55 Å². The molecule has 0 amide bonds. The van der Waals surface area contributed by atoms with Crippen LogP contribution in [0.25, 0.3) is 22.4 Å². The molecule has 0 bridgehead atoms. The first-order valence-corrected chi connectivity index (χ1v) is 7.50. The minimum Gasteiger partial charge on any atom is -0.398 e. The number of rotatable bonds is 3. The van der Waals surface area contributed by atoms with E-state index in [0.29, 0.717) is 5.02 Å². The fourth-order valence-electron chi connectivity index (χ4n) is 2.62. The Morgan fingerprint density at radius 2 is 2.00 bits per heavy atom. The molecule has 0 aliphatic rings. The van der Waals surface area contributed by atoms with Gasteiger partial charge in [0.05, 0.1) is 11.0 Å². The van der Waals surface area contributed by atoms with Crippen molar-refractivity contribution in [3.8, 4) is 11.4 Å². The number of nitrogen functional groups attached to an aromatic ring is 1. The molecule has 0 saturated carbocycles. The van der Waals surface area contributed by atoms with Crippen LogP contribution in [-0.4, -0.2) is 9.55 Å². The lowest BCUT2D eigenvalue weighted by molar-refractivity contribution is 0.704. The lowest BCUT2D eigenvalue weighted by Crippen LogP contribution is -2.02. The van der Waals surface area contributed by atoms with E-state index in [0.717, 1.165) is 41.1 Å². The van der Waals surface area contributed by atoms with E-state index < -0.39 is 0 Å². The van der Waals surface area contributed by atoms with Gasteiger partial charge >= 0.3 is 0 Å². The van der Waals surface area contributed by atoms with Crippen LogP contribution in [0, 0.1) is 6.92 Å². The fraction of sp³-hybridized carbons (Fsp3) is 0.235. The third-order valence-electron chi connectivity index (χ3n) is 3.61. The van der Waals surface area contributed by atoms with Crippen LogP contribution in [-0.2, 0) is 6.54 Å². The molecule has 0 spiro atoms. The second-order valence-electron chi connectivity index (χ2n) is 5.31. The summed E-state index contributed by atoms with van der Waals surface area (Å²) in [7, 11) is 0. The predicted molar refractivity (Wildman–Crippen MR) is 89.6 cm³/mol. The normalized spacial score (nSPS) is 11.2. The maximum Gasteiger partial charge on any atom is 0.143 e. The van der Waals surface area contributed by atoms with Gasteiger partial charge in [-0.3, -0.25) is 0 Å². The van der Waals surface area contributed by atoms with Gasteiger partial charge in [0.2, 0.25) is 0 Å². The van der Waals surface area contributed by atoms with E-state index >= 15 is 0 Å². The highest BCUT2D eigenvalue weighted by molar-refractivity contribution is 6.31. The average Bonchev–Trinajstić information content (AvgIpc) is 2.80. The van der Waals surface area contributed by atoms with Gasteiger partial charge in [-0.1, -0.05) is 30.2 Å². The Kier molecular flexibility index (Phi) is 3.60. The second-order valence-corrected chi connectivity index (χ2v) is 5.75. The van der Waals surface area contributed by atoms with Crippen LogP contribution < -0.4 is 5.73 Å². The largest absolute Gasteiger partial charge is 0.398 e. The number of hydrogen-bond acceptors (Lipinski definition) is 2. The molecule has 1 heterocycles. The zero-order valence-corrected chi connectivity index (χ0v) is 13.0. The van der Waals surface area contributed by atoms with Crippen LogP contribution >= 0.6 is 11.6 Å². The first-order chi connectivity index (χ1) is 10.1. The van der Waals surface area contributed by atoms with Crippen LogP contribution in [0.5, 0.6) is 0 Å². The molecule has 108 valence electrons. The van der Waals surface area contributed by atoms with Crippen molar-refractivity contribution in [1.29, 1.82) is 0 Å². The molecular formula is C17H18ClN3. The second kappa shape index (κ2) is 5.41. The maximum absolute atomic E-state index is 6.16. The molecular weight excluding hydrogens is 282 g/mol. The molecule has 0 unspecified atom stereocenters. The van der Waals surface area contributed by atoms with Crippen LogP contribution in [0.1, 0.15) is 18.9 Å². The van der Waals surface area contributed by atoms with Gasteiger partial charge in [-0.05, 0) is 43.7 Å². The van der Waals surface area contributed by atoms with Gasteiger partial charge in [-0.15, -0.1) is 0 Å². The summed E-state index contributed by atoms with van der Waals surface area (Å²) < 4.78 is 2.22. The Hall–Kier alpha value is -2.00. The smallest absolute Gasteiger partial charge is 0.143 e. The zero-order valence-electron chi connectivity index (χ0n) is 12.2. The molecule has 3 rings (SSSR count). The quantitative estimate of drug-likeness (QED) is 0.715. The molecule has 3 nitrogen and oxygen atoms in total. The highest BCUT2D eigenvalue weighted by atomic mass is 35.5. The minimum atomic E-state index is 0.701. The standard InChI is InChI=1S/C17H18ClN3/c1-3-8-21-16-7-5-12(18)10-15(16)20-17(21)13-9-11(2)4-6-14(13)19/h4-7,9-10H,3,8,19H2,1-2H3. The van der Waals surface area contributed by atoms with Crippen LogP contribution in [0.15, 0.2) is 36.4 Å². The summed E-state index contributed by atoms with van der Waals surface area (Å²) in [6.45, 7) is 5.12. The number of anilines is 1. The number of aromatic nitrogens is 2. The molecule has 0 aliphatic heterocycles. The number of nitrogens with two attached hydrogens (primary N) is 1. The summed E-state index contributed by atoms with van der Waals surface area (Å²) in [5.74, 6) is 0.912. The molecule has 2 N–H and O–H groups in total. The van der Waals surface area contributed by atoms with E-state index in [1.807, 2.05) is 30.3 Å². The van der Waals surface area contributed by atoms with Gasteiger partial charge in [0.25, 0.3) is 0 Å². The van der Waals surface area contributed by atoms with Gasteiger partial charge in [-0.25, -0.2) is 4.98 Å². The summed E-state index contributed by atoms with van der Waals surface area (Å²) in [6.07, 6.45) is 1.03. The van der Waals surface area contributed by atoms with E-state index in [9.17, 15) is 0 Å². The number of aryl methyl sites for hydroxylation is 2. The Balaban J connectivity index is 2.30. The van der Waals surface area contributed by atoms with Crippen molar-refractivity contribution in [3.63, 3.8) is 0 Å². The summed E-state index contributed by atoms with van der Waals surface area (Å²) in [6, 6.07) is 11.9. The summed E-state index contributed by atoms with van der Waals surface area (Å²) in [4.78, 5) is 4.76. The monoisotopic (exact) mass is 299 g/mol. The molecule has 4 heteroatoms. The molecule has 21 heavy (non-hydrogen) atoms. The van der Waals surface area contributed by atoms with Gasteiger partial charge < -0.3 is 10.3 Å². The first kappa shape index (κ1) is 14.0. The third-order valence-corrected chi connectivity index (χ3v) is 3.84. The lowest BCUT2D eigenvalue weighted by Gasteiger charge is -2.10. The Morgan fingerprint density at radius 1 is 1.19 bits per heavy atom. The molecule has 0 fully saturated rings. The van der Waals surface area contributed by atoms with Crippen molar-refractivity contribution in [3.05, 3.63) is 47.0 Å². The molecule has 0 aliphatic carbocycles. The zero-order chi connectivity index (χ0) is 15.0. The lowest BCUT2D eigenvalue weighted by atomic mass is 10.1. The van der Waals surface area contributed by atoms with Crippen molar-refractivity contribution in [2.24, 2.45) is 0 Å².